The molecule has 6 N–H and O–H groups in total. The van der Waals surface area contributed by atoms with E-state index in [1.165, 1.54) is 11.4 Å². The number of benzene rings is 2. The minimum absolute atomic E-state index is 0.0600. The third kappa shape index (κ3) is 9.17. The number of nitrogens with one attached hydrogen (secondary N) is 3. The SMILES string of the molecule is CN(CCCCCC(=O)O)S(=O)(=O)NCc1ccc(OC(=O)c2ccc(NC(=N)N)cc2)cc1. The van der Waals surface area contributed by atoms with Crippen molar-refractivity contribution in [3.63, 3.8) is 0 Å². The van der Waals surface area contributed by atoms with Crippen molar-refractivity contribution in [1.29, 1.82) is 5.41 Å². The zero-order valence-corrected chi connectivity index (χ0v) is 19.6. The molecule has 0 aliphatic carbocycles. The highest BCUT2D eigenvalue weighted by atomic mass is 32.2. The molecule has 2 aromatic rings. The molecular weight excluding hydrogens is 462 g/mol. The summed E-state index contributed by atoms with van der Waals surface area (Å²) in [5, 5.41) is 18.4. The van der Waals surface area contributed by atoms with Gasteiger partial charge in [-0.1, -0.05) is 18.6 Å². The van der Waals surface area contributed by atoms with Crippen LogP contribution in [0.3, 0.4) is 0 Å². The standard InChI is InChI=1S/C22H29N5O6S/c1-27(14-4-2-3-5-20(28)29)34(31,32)25-15-16-6-12-19(13-7-16)33-21(30)17-8-10-18(11-9-17)26-22(23)24/h6-13,25H,2-5,14-15H2,1H3,(H,28,29)(H4,23,24,26). The first kappa shape index (κ1) is 26.8. The number of rotatable bonds is 13. The molecular formula is C22H29N5O6S. The number of guanidine groups is 1. The molecule has 0 atom stereocenters. The van der Waals surface area contributed by atoms with Crippen molar-refractivity contribution >= 4 is 33.8 Å². The lowest BCUT2D eigenvalue weighted by Gasteiger charge is -2.17. The predicted octanol–water partition coefficient (Wildman–Crippen LogP) is 2.12. The first-order valence-electron chi connectivity index (χ1n) is 10.5. The molecule has 0 radical (unpaired) electrons. The summed E-state index contributed by atoms with van der Waals surface area (Å²) in [7, 11) is -2.22. The number of hydrogen-bond donors (Lipinski definition) is 5. The minimum Gasteiger partial charge on any atom is -0.481 e. The van der Waals surface area contributed by atoms with Gasteiger partial charge in [-0.05, 0) is 54.8 Å². The van der Waals surface area contributed by atoms with E-state index < -0.39 is 22.1 Å². The van der Waals surface area contributed by atoms with E-state index in [1.807, 2.05) is 0 Å². The van der Waals surface area contributed by atoms with Crippen LogP contribution < -0.4 is 20.5 Å². The van der Waals surface area contributed by atoms with Crippen LogP contribution in [0.2, 0.25) is 0 Å². The highest BCUT2D eigenvalue weighted by Gasteiger charge is 2.17. The Morgan fingerprint density at radius 1 is 1.06 bits per heavy atom. The molecule has 34 heavy (non-hydrogen) atoms. The Bertz CT molecular complexity index is 1090. The number of carboxylic acids is 1. The lowest BCUT2D eigenvalue weighted by molar-refractivity contribution is -0.137. The van der Waals surface area contributed by atoms with Crippen molar-refractivity contribution in [2.75, 3.05) is 18.9 Å². The molecule has 0 amide bonds. The maximum atomic E-state index is 12.4. The summed E-state index contributed by atoms with van der Waals surface area (Å²) in [6, 6.07) is 12.7. The molecule has 0 aromatic heterocycles. The lowest BCUT2D eigenvalue weighted by atomic mass is 10.2. The fourth-order valence-corrected chi connectivity index (χ4v) is 3.82. The number of esters is 1. The maximum Gasteiger partial charge on any atom is 0.343 e. The number of carbonyl (C=O) groups excluding carboxylic acids is 1. The van der Waals surface area contributed by atoms with Crippen LogP contribution in [-0.4, -0.2) is 49.3 Å². The molecule has 0 saturated carbocycles. The highest BCUT2D eigenvalue weighted by Crippen LogP contribution is 2.16. The van der Waals surface area contributed by atoms with Crippen molar-refractivity contribution in [3.8, 4) is 5.75 Å². The van der Waals surface area contributed by atoms with Crippen LogP contribution >= 0.6 is 0 Å². The Balaban J connectivity index is 1.82. The van der Waals surface area contributed by atoms with E-state index in [2.05, 4.69) is 10.0 Å². The van der Waals surface area contributed by atoms with Crippen molar-refractivity contribution < 1.29 is 27.9 Å². The van der Waals surface area contributed by atoms with Crippen LogP contribution in [0.25, 0.3) is 0 Å². The third-order valence-corrected chi connectivity index (χ3v) is 6.28. The topological polar surface area (TPSA) is 175 Å². The number of carboxylic acid groups (broad SMARTS) is 1. The van der Waals surface area contributed by atoms with Crippen molar-refractivity contribution in [2.45, 2.75) is 32.2 Å². The Morgan fingerprint density at radius 3 is 2.29 bits per heavy atom. The van der Waals surface area contributed by atoms with Crippen molar-refractivity contribution in [3.05, 3.63) is 59.7 Å². The monoisotopic (exact) mass is 491 g/mol. The van der Waals surface area contributed by atoms with Gasteiger partial charge in [0.25, 0.3) is 10.2 Å². The summed E-state index contributed by atoms with van der Waals surface area (Å²) >= 11 is 0. The Labute approximate surface area is 198 Å². The quantitative estimate of drug-likeness (QED) is 0.0930. The normalized spacial score (nSPS) is 11.2. The van der Waals surface area contributed by atoms with Crippen LogP contribution in [0.1, 0.15) is 41.6 Å². The summed E-state index contributed by atoms with van der Waals surface area (Å²) in [4.78, 5) is 22.8. The molecule has 2 rings (SSSR count). The molecule has 0 heterocycles. The number of ether oxygens (including phenoxy) is 1. The van der Waals surface area contributed by atoms with Gasteiger partial charge in [0.15, 0.2) is 5.96 Å². The fourth-order valence-electron chi connectivity index (χ4n) is 2.88. The average Bonchev–Trinajstić information content (AvgIpc) is 2.78. The van der Waals surface area contributed by atoms with Crippen LogP contribution in [0, 0.1) is 5.41 Å². The lowest BCUT2D eigenvalue weighted by Crippen LogP contribution is -2.38. The first-order valence-corrected chi connectivity index (χ1v) is 12.0. The number of aliphatic carboxylic acids is 1. The van der Waals surface area contributed by atoms with Gasteiger partial charge in [0.05, 0.1) is 5.56 Å². The van der Waals surface area contributed by atoms with Gasteiger partial charge in [0.1, 0.15) is 5.75 Å². The van der Waals surface area contributed by atoms with Gasteiger partial charge in [0.2, 0.25) is 0 Å². The van der Waals surface area contributed by atoms with E-state index in [1.54, 1.807) is 48.5 Å². The zero-order chi connectivity index (χ0) is 25.1. The number of hydrogen-bond acceptors (Lipinski definition) is 6. The highest BCUT2D eigenvalue weighted by molar-refractivity contribution is 7.87. The second-order valence-corrected chi connectivity index (χ2v) is 9.36. The van der Waals surface area contributed by atoms with E-state index in [4.69, 9.17) is 21.0 Å². The molecule has 0 aliphatic rings. The number of anilines is 1. The largest absolute Gasteiger partial charge is 0.481 e. The van der Waals surface area contributed by atoms with Gasteiger partial charge in [-0.15, -0.1) is 0 Å². The van der Waals surface area contributed by atoms with E-state index in [0.717, 1.165) is 0 Å². The fraction of sp³-hybridized carbons (Fsp3) is 0.318. The van der Waals surface area contributed by atoms with Gasteiger partial charge in [-0.25, -0.2) is 4.79 Å². The van der Waals surface area contributed by atoms with Gasteiger partial charge in [-0.2, -0.15) is 17.4 Å². The van der Waals surface area contributed by atoms with Gasteiger partial charge in [-0.3, -0.25) is 10.2 Å². The van der Waals surface area contributed by atoms with Crippen LogP contribution in [-0.2, 0) is 21.5 Å². The zero-order valence-electron chi connectivity index (χ0n) is 18.8. The smallest absolute Gasteiger partial charge is 0.343 e. The maximum absolute atomic E-state index is 12.4. The third-order valence-electron chi connectivity index (χ3n) is 4.77. The van der Waals surface area contributed by atoms with Crippen LogP contribution in [0.4, 0.5) is 5.69 Å². The first-order chi connectivity index (χ1) is 16.1. The predicted molar refractivity (Wildman–Crippen MR) is 128 cm³/mol. The number of unbranched alkanes of at least 4 members (excludes halogenated alkanes) is 2. The van der Waals surface area contributed by atoms with Crippen molar-refractivity contribution in [1.82, 2.24) is 9.03 Å². The number of nitrogens with zero attached hydrogens (tertiary/aromatic N) is 1. The molecule has 184 valence electrons. The van der Waals surface area contributed by atoms with E-state index in [0.29, 0.717) is 41.8 Å². The number of carbonyl (C=O) groups is 2. The van der Waals surface area contributed by atoms with E-state index >= 15 is 0 Å². The molecule has 2 aromatic carbocycles. The van der Waals surface area contributed by atoms with Gasteiger partial charge >= 0.3 is 11.9 Å². The summed E-state index contributed by atoms with van der Waals surface area (Å²) in [5.41, 5.74) is 6.82. The van der Waals surface area contributed by atoms with E-state index in [9.17, 15) is 18.0 Å². The molecule has 0 saturated heterocycles. The molecule has 0 unspecified atom stereocenters. The minimum atomic E-state index is -3.68. The summed E-state index contributed by atoms with van der Waals surface area (Å²) in [6.45, 7) is 0.347. The Hall–Kier alpha value is -3.48. The van der Waals surface area contributed by atoms with Gasteiger partial charge < -0.3 is 20.9 Å². The molecule has 11 nitrogen and oxygen atoms in total. The van der Waals surface area contributed by atoms with E-state index in [-0.39, 0.29) is 25.5 Å². The Morgan fingerprint density at radius 2 is 1.71 bits per heavy atom. The molecule has 0 spiro atoms. The van der Waals surface area contributed by atoms with Crippen molar-refractivity contribution in [2.24, 2.45) is 5.73 Å². The number of nitrogens with two attached hydrogens (primary N) is 1. The van der Waals surface area contributed by atoms with Crippen LogP contribution in [0.15, 0.2) is 48.5 Å². The average molecular weight is 492 g/mol. The molecule has 0 aliphatic heterocycles. The van der Waals surface area contributed by atoms with Gasteiger partial charge in [0, 0.05) is 32.2 Å². The summed E-state index contributed by atoms with van der Waals surface area (Å²) in [5.74, 6) is -1.33. The summed E-state index contributed by atoms with van der Waals surface area (Å²) < 4.78 is 33.7. The van der Waals surface area contributed by atoms with Crippen LogP contribution in [0.5, 0.6) is 5.75 Å². The summed E-state index contributed by atoms with van der Waals surface area (Å²) in [6.07, 6.45) is 1.79. The molecule has 12 heteroatoms. The molecule has 0 bridgehead atoms. The second kappa shape index (κ2) is 12.7. The second-order valence-electron chi connectivity index (χ2n) is 7.50. The Kier molecular flexibility index (Phi) is 9.98. The molecule has 0 fully saturated rings.